The number of fused-ring (bicyclic) bond motifs is 1. The van der Waals surface area contributed by atoms with Gasteiger partial charge < -0.3 is 20.1 Å². The normalized spacial score (nSPS) is 22.6. The molecule has 44 heavy (non-hydrogen) atoms. The smallest absolute Gasteiger partial charge is 0.264 e. The second-order valence-electron chi connectivity index (χ2n) is 10.9. The highest BCUT2D eigenvalue weighted by Crippen LogP contribution is 2.45. The van der Waals surface area contributed by atoms with Crippen molar-refractivity contribution in [3.63, 3.8) is 0 Å². The lowest BCUT2D eigenvalue weighted by Crippen LogP contribution is -2.55. The van der Waals surface area contributed by atoms with E-state index in [2.05, 4.69) is 21.9 Å². The summed E-state index contributed by atoms with van der Waals surface area (Å²) < 4.78 is 39.6. The lowest BCUT2D eigenvalue weighted by atomic mass is 10.1. The molecular formula is C33H32N4O6S. The fraction of sp³-hybridized carbons (Fsp3) is 0.242. The van der Waals surface area contributed by atoms with Crippen LogP contribution in [0.1, 0.15) is 12.8 Å². The monoisotopic (exact) mass is 612 g/mol. The number of hydrogen-bond acceptors (Lipinski definition) is 8. The topological polar surface area (TPSA) is 136 Å². The number of carbonyl (C=O) groups excluding carboxylic acids is 2. The average Bonchev–Trinajstić information content (AvgIpc) is 3.56. The Morgan fingerprint density at radius 2 is 1.77 bits per heavy atom. The van der Waals surface area contributed by atoms with Crippen molar-refractivity contribution in [3.05, 3.63) is 97.6 Å². The highest BCUT2D eigenvalue weighted by Gasteiger charge is 2.61. The van der Waals surface area contributed by atoms with E-state index in [1.54, 1.807) is 31.4 Å². The van der Waals surface area contributed by atoms with Crippen molar-refractivity contribution in [2.24, 2.45) is 5.92 Å². The number of rotatable bonds is 10. The van der Waals surface area contributed by atoms with Crippen LogP contribution in [0, 0.1) is 5.92 Å². The van der Waals surface area contributed by atoms with E-state index in [1.807, 2.05) is 54.6 Å². The van der Waals surface area contributed by atoms with Crippen molar-refractivity contribution >= 4 is 32.7 Å². The minimum absolute atomic E-state index is 0.0411. The molecule has 226 valence electrons. The molecule has 1 aromatic heterocycles. The standard InChI is InChI=1S/C33H32N4O6S/c1-3-22-19-33(22,32(39)37-44(40,41)25-12-8-5-9-13-25)36-31(38)29-17-24(20-34-29)43-30-18-27(21-10-6-4-7-11-21)35-28-16-23(42-2)14-15-26(28)30/h3-16,18,22,24,29,34H,1,17,19-20H2,2H3,(H,36,38)(H,37,39). The average molecular weight is 613 g/mol. The molecule has 3 N–H and O–H groups in total. The second-order valence-corrected chi connectivity index (χ2v) is 12.6. The number of methoxy groups -OCH3 is 1. The van der Waals surface area contributed by atoms with Crippen molar-refractivity contribution in [1.29, 1.82) is 0 Å². The zero-order chi connectivity index (χ0) is 30.9. The number of nitrogens with zero attached hydrogens (tertiary/aromatic N) is 1. The number of amides is 2. The van der Waals surface area contributed by atoms with Crippen LogP contribution < -0.4 is 24.8 Å². The lowest BCUT2D eigenvalue weighted by Gasteiger charge is -2.21. The van der Waals surface area contributed by atoms with Gasteiger partial charge in [-0.3, -0.25) is 9.59 Å². The Labute approximate surface area is 255 Å². The minimum atomic E-state index is -4.11. The van der Waals surface area contributed by atoms with Crippen LogP contribution in [0.15, 0.2) is 102 Å². The quantitative estimate of drug-likeness (QED) is 0.231. The molecule has 2 heterocycles. The van der Waals surface area contributed by atoms with Gasteiger partial charge in [0.1, 0.15) is 23.1 Å². The van der Waals surface area contributed by atoms with Crippen LogP contribution in [0.2, 0.25) is 0 Å². The molecule has 0 bridgehead atoms. The molecule has 11 heteroatoms. The Kier molecular flexibility index (Phi) is 7.83. The van der Waals surface area contributed by atoms with Gasteiger partial charge in [0.25, 0.3) is 15.9 Å². The van der Waals surface area contributed by atoms with Gasteiger partial charge in [-0.25, -0.2) is 18.1 Å². The summed E-state index contributed by atoms with van der Waals surface area (Å²) in [6, 6.07) is 24.2. The van der Waals surface area contributed by atoms with E-state index in [1.165, 1.54) is 12.1 Å². The summed E-state index contributed by atoms with van der Waals surface area (Å²) in [7, 11) is -2.51. The lowest BCUT2D eigenvalue weighted by molar-refractivity contribution is -0.130. The number of pyridine rings is 1. The molecule has 2 aliphatic rings. The molecule has 10 nitrogen and oxygen atoms in total. The molecule has 6 rings (SSSR count). The Balaban J connectivity index is 1.17. The first-order valence-electron chi connectivity index (χ1n) is 14.2. The van der Waals surface area contributed by atoms with Crippen molar-refractivity contribution in [2.75, 3.05) is 13.7 Å². The van der Waals surface area contributed by atoms with Crippen LogP contribution in [0.5, 0.6) is 11.5 Å². The van der Waals surface area contributed by atoms with E-state index in [4.69, 9.17) is 14.5 Å². The van der Waals surface area contributed by atoms with Gasteiger partial charge in [-0.05, 0) is 30.7 Å². The first kappa shape index (κ1) is 29.3. The molecule has 3 aromatic carbocycles. The maximum Gasteiger partial charge on any atom is 0.264 e. The summed E-state index contributed by atoms with van der Waals surface area (Å²) in [5.41, 5.74) is 0.988. The molecule has 1 aliphatic heterocycles. The van der Waals surface area contributed by atoms with Gasteiger partial charge >= 0.3 is 0 Å². The molecule has 4 atom stereocenters. The van der Waals surface area contributed by atoms with Gasteiger partial charge in [0.05, 0.1) is 29.3 Å². The van der Waals surface area contributed by atoms with E-state index in [0.29, 0.717) is 30.0 Å². The van der Waals surface area contributed by atoms with Gasteiger partial charge in [0.15, 0.2) is 0 Å². The van der Waals surface area contributed by atoms with E-state index in [9.17, 15) is 18.0 Å². The first-order valence-corrected chi connectivity index (χ1v) is 15.7. The van der Waals surface area contributed by atoms with E-state index >= 15 is 0 Å². The highest BCUT2D eigenvalue weighted by molar-refractivity contribution is 7.90. The third kappa shape index (κ3) is 5.76. The Morgan fingerprint density at radius 3 is 2.45 bits per heavy atom. The zero-order valence-corrected chi connectivity index (χ0v) is 24.8. The number of hydrogen-bond donors (Lipinski definition) is 3. The fourth-order valence-corrected chi connectivity index (χ4v) is 6.60. The van der Waals surface area contributed by atoms with Crippen LogP contribution >= 0.6 is 0 Å². The fourth-order valence-electron chi connectivity index (χ4n) is 5.54. The largest absolute Gasteiger partial charge is 0.497 e. The second kappa shape index (κ2) is 11.7. The number of carbonyl (C=O) groups is 2. The molecular weight excluding hydrogens is 580 g/mol. The Hall–Kier alpha value is -4.74. The van der Waals surface area contributed by atoms with Gasteiger partial charge in [0.2, 0.25) is 5.91 Å². The predicted octanol–water partition coefficient (Wildman–Crippen LogP) is 3.59. The third-order valence-corrected chi connectivity index (χ3v) is 9.43. The summed E-state index contributed by atoms with van der Waals surface area (Å²) >= 11 is 0. The van der Waals surface area contributed by atoms with Crippen molar-refractivity contribution in [1.82, 2.24) is 20.3 Å². The van der Waals surface area contributed by atoms with Crippen LogP contribution in [-0.2, 0) is 19.6 Å². The van der Waals surface area contributed by atoms with Gasteiger partial charge in [-0.15, -0.1) is 6.58 Å². The van der Waals surface area contributed by atoms with Crippen LogP contribution in [0.25, 0.3) is 22.2 Å². The maximum atomic E-state index is 13.4. The maximum absolute atomic E-state index is 13.4. The van der Waals surface area contributed by atoms with Gasteiger partial charge in [-0.1, -0.05) is 54.6 Å². The molecule has 2 amide bonds. The number of benzene rings is 3. The molecule has 0 radical (unpaired) electrons. The predicted molar refractivity (Wildman–Crippen MR) is 166 cm³/mol. The number of nitrogens with one attached hydrogen (secondary N) is 3. The molecule has 4 unspecified atom stereocenters. The summed E-state index contributed by atoms with van der Waals surface area (Å²) in [5.74, 6) is -0.310. The van der Waals surface area contributed by atoms with Crippen LogP contribution in [0.3, 0.4) is 0 Å². The van der Waals surface area contributed by atoms with Crippen molar-refractivity contribution in [2.45, 2.75) is 35.4 Å². The van der Waals surface area contributed by atoms with Gasteiger partial charge in [0, 0.05) is 42.0 Å². The summed E-state index contributed by atoms with van der Waals surface area (Å²) in [6.07, 6.45) is 1.79. The number of ether oxygens (including phenoxy) is 2. The van der Waals surface area contributed by atoms with E-state index < -0.39 is 39.3 Å². The molecule has 1 saturated carbocycles. The molecule has 4 aromatic rings. The molecule has 2 fully saturated rings. The van der Waals surface area contributed by atoms with E-state index in [0.717, 1.165) is 16.6 Å². The molecule has 0 spiro atoms. The first-order chi connectivity index (χ1) is 21.2. The van der Waals surface area contributed by atoms with E-state index in [-0.39, 0.29) is 17.4 Å². The zero-order valence-electron chi connectivity index (χ0n) is 24.0. The van der Waals surface area contributed by atoms with Crippen molar-refractivity contribution in [3.8, 4) is 22.8 Å². The van der Waals surface area contributed by atoms with Gasteiger partial charge in [-0.2, -0.15) is 0 Å². The SMILES string of the molecule is C=CC1CC1(NC(=O)C1CC(Oc2cc(-c3ccccc3)nc3cc(OC)ccc23)CN1)C(=O)NS(=O)(=O)c1ccccc1. The van der Waals surface area contributed by atoms with Crippen LogP contribution in [0.4, 0.5) is 0 Å². The summed E-state index contributed by atoms with van der Waals surface area (Å²) in [6.45, 7) is 4.15. The summed E-state index contributed by atoms with van der Waals surface area (Å²) in [4.78, 5) is 31.4. The number of sulfonamides is 1. The Bertz CT molecular complexity index is 1830. The van der Waals surface area contributed by atoms with Crippen LogP contribution in [-0.4, -0.2) is 56.6 Å². The molecule has 1 aliphatic carbocycles. The van der Waals surface area contributed by atoms with Crippen molar-refractivity contribution < 1.29 is 27.5 Å². The minimum Gasteiger partial charge on any atom is -0.497 e. The summed E-state index contributed by atoms with van der Waals surface area (Å²) in [5, 5.41) is 6.81. The Morgan fingerprint density at radius 1 is 1.05 bits per heavy atom. The highest BCUT2D eigenvalue weighted by atomic mass is 32.2. The third-order valence-electron chi connectivity index (χ3n) is 8.08. The number of aromatic nitrogens is 1. The molecule has 1 saturated heterocycles.